The molecule has 114 heavy (non-hydrogen) atoms. The van der Waals surface area contributed by atoms with Crippen LogP contribution < -0.4 is 0 Å². The van der Waals surface area contributed by atoms with Crippen LogP contribution >= 0.6 is 0 Å². The molecule has 6 heterocycles. The van der Waals surface area contributed by atoms with Gasteiger partial charge in [0.2, 0.25) is 0 Å². The first-order chi connectivity index (χ1) is 52.1. The molecule has 6 fully saturated rings. The van der Waals surface area contributed by atoms with Crippen molar-refractivity contribution in [2.75, 3.05) is 7.05 Å². The molecule has 6 saturated heterocycles. The number of benzene rings is 1. The second-order valence-electron chi connectivity index (χ2n) is 43.7. The van der Waals surface area contributed by atoms with Crippen molar-refractivity contribution in [2.45, 2.75) is 483 Å². The lowest BCUT2D eigenvalue weighted by atomic mass is 9.75. The number of unbranched alkanes of at least 4 members (excludes halogenated alkanes) is 3. The molecular weight excluding hydrogens is 1450 g/mol. The highest BCUT2D eigenvalue weighted by Gasteiger charge is 2.59. The number of carbonyl (C=O) groups excluding carboxylic acids is 6. The molecule has 23 heteroatoms. The normalized spacial score (nSPS) is 24.9. The lowest BCUT2D eigenvalue weighted by molar-refractivity contribution is -0.263. The maximum Gasteiger partial charge on any atom is 0.323 e. The number of rotatable bonds is 33. The molecule has 6 aliphatic heterocycles. The van der Waals surface area contributed by atoms with Crippen molar-refractivity contribution in [1.29, 1.82) is 0 Å². The smallest absolute Gasteiger partial charge is 0.323 e. The van der Waals surface area contributed by atoms with Gasteiger partial charge in [-0.05, 0) is 267 Å². The SMILES string of the molecule is CCCCC(CCCc1cc(CCCC(CCCC)(C(=O)OC2CC(C)(C)N(O)C(C)(C)C2)C(=O)OC2CC(C)(C)N(O)C(C)(C)C2)ccc1CCCC(CCCC)(C(=O)OC1CC(C)(C)N(O)C(C)(C)C1)C(=O)OC1CC(C)(C)N(O)C(C)(C)C1)(C(=O)OC1CC(C)(C)N(C)C(C)(C)C1)C(=O)OC1CC(C)(C)N(O)C(C)(C)C1. The Morgan fingerprint density at radius 3 is 0.693 bits per heavy atom. The molecular formula is C91H158N6O17. The molecule has 23 nitrogen and oxygen atoms in total. The van der Waals surface area contributed by atoms with Gasteiger partial charge in [-0.1, -0.05) is 77.5 Å². The van der Waals surface area contributed by atoms with Crippen LogP contribution in [0.15, 0.2) is 18.2 Å². The number of piperidine rings is 6. The summed E-state index contributed by atoms with van der Waals surface area (Å²) in [6.45, 7) is 52.8. The Morgan fingerprint density at radius 2 is 0.482 bits per heavy atom. The summed E-state index contributed by atoms with van der Waals surface area (Å²) in [4.78, 5) is 96.8. The van der Waals surface area contributed by atoms with E-state index in [1.807, 2.05) is 159 Å². The first-order valence-electron chi connectivity index (χ1n) is 43.7. The van der Waals surface area contributed by atoms with Crippen LogP contribution in [0.1, 0.15) is 377 Å². The van der Waals surface area contributed by atoms with Gasteiger partial charge in [-0.3, -0.25) is 33.7 Å². The van der Waals surface area contributed by atoms with Crippen molar-refractivity contribution >= 4 is 35.8 Å². The predicted molar refractivity (Wildman–Crippen MR) is 441 cm³/mol. The fraction of sp³-hybridized carbons (Fsp3) is 0.868. The summed E-state index contributed by atoms with van der Waals surface area (Å²) >= 11 is 0. The highest BCUT2D eigenvalue weighted by molar-refractivity contribution is 6.01. The molecule has 0 aromatic heterocycles. The molecule has 0 spiro atoms. The van der Waals surface area contributed by atoms with Gasteiger partial charge < -0.3 is 54.5 Å². The van der Waals surface area contributed by atoms with E-state index in [-0.39, 0.29) is 49.6 Å². The third-order valence-corrected chi connectivity index (χ3v) is 27.6. The Morgan fingerprint density at radius 1 is 0.298 bits per heavy atom. The minimum absolute atomic E-state index is 0.0581. The van der Waals surface area contributed by atoms with E-state index in [1.165, 1.54) is 25.3 Å². The zero-order valence-corrected chi connectivity index (χ0v) is 76.2. The molecule has 0 radical (unpaired) electrons. The van der Waals surface area contributed by atoms with Gasteiger partial charge in [0.15, 0.2) is 16.2 Å². The van der Waals surface area contributed by atoms with Crippen LogP contribution in [0.2, 0.25) is 0 Å². The van der Waals surface area contributed by atoms with E-state index < -0.39 is 144 Å². The lowest BCUT2D eigenvalue weighted by Crippen LogP contribution is -2.61. The van der Waals surface area contributed by atoms with Crippen LogP contribution in [-0.2, 0) is 76.5 Å². The Bertz CT molecular complexity index is 3200. The van der Waals surface area contributed by atoms with E-state index in [1.54, 1.807) is 0 Å². The summed E-state index contributed by atoms with van der Waals surface area (Å²) in [5.41, 5.74) is -11.0. The van der Waals surface area contributed by atoms with Crippen molar-refractivity contribution in [2.24, 2.45) is 16.2 Å². The van der Waals surface area contributed by atoms with Crippen LogP contribution in [0.3, 0.4) is 0 Å². The van der Waals surface area contributed by atoms with Crippen molar-refractivity contribution in [3.8, 4) is 0 Å². The quantitative estimate of drug-likeness (QED) is 0.0248. The number of ether oxygens (including phenoxy) is 6. The molecule has 1 unspecified atom stereocenters. The van der Waals surface area contributed by atoms with Gasteiger partial charge in [-0.15, -0.1) is 0 Å². The summed E-state index contributed by atoms with van der Waals surface area (Å²) in [5, 5.41) is 63.7. The fourth-order valence-electron chi connectivity index (χ4n) is 21.6. The Labute approximate surface area is 686 Å². The molecule has 654 valence electrons. The zero-order chi connectivity index (χ0) is 86.2. The van der Waals surface area contributed by atoms with Crippen LogP contribution in [0.25, 0.3) is 0 Å². The summed E-state index contributed by atoms with van der Waals surface area (Å²) in [6.07, 6.45) is 6.92. The van der Waals surface area contributed by atoms with E-state index in [0.717, 1.165) is 16.7 Å². The van der Waals surface area contributed by atoms with Crippen LogP contribution in [0.5, 0.6) is 0 Å². The van der Waals surface area contributed by atoms with Crippen LogP contribution in [-0.4, -0.2) is 202 Å². The predicted octanol–water partition coefficient (Wildman–Crippen LogP) is 18.1. The van der Waals surface area contributed by atoms with Crippen molar-refractivity contribution in [3.05, 3.63) is 34.9 Å². The Kier molecular flexibility index (Phi) is 30.3. The summed E-state index contributed by atoms with van der Waals surface area (Å²) in [7, 11) is 2.09. The molecule has 0 saturated carbocycles. The molecule has 1 aromatic rings. The number of hydrogen-bond acceptors (Lipinski definition) is 23. The highest BCUT2D eigenvalue weighted by Crippen LogP contribution is 2.50. The van der Waals surface area contributed by atoms with Crippen molar-refractivity contribution < 1.29 is 83.2 Å². The molecule has 5 N–H and O–H groups in total. The average Bonchev–Trinajstić information content (AvgIpc) is 0.769. The number of nitrogens with zero attached hydrogens (tertiary/aromatic N) is 6. The molecule has 7 rings (SSSR count). The van der Waals surface area contributed by atoms with Crippen molar-refractivity contribution in [3.63, 3.8) is 0 Å². The Balaban J connectivity index is 1.34. The summed E-state index contributed by atoms with van der Waals surface area (Å²) in [5.74, 6) is -3.92. The molecule has 0 amide bonds. The molecule has 1 atom stereocenters. The average molecular weight is 1610 g/mol. The second kappa shape index (κ2) is 35.7. The van der Waals surface area contributed by atoms with E-state index in [9.17, 15) is 26.0 Å². The summed E-state index contributed by atoms with van der Waals surface area (Å²) < 4.78 is 40.0. The number of carbonyl (C=O) groups is 6. The number of esters is 6. The molecule has 0 aliphatic carbocycles. The fourth-order valence-corrected chi connectivity index (χ4v) is 21.6. The number of likely N-dealkylation sites (tertiary alicyclic amines) is 1. The lowest BCUT2D eigenvalue weighted by Gasteiger charge is -2.53. The van der Waals surface area contributed by atoms with E-state index >= 15 is 28.8 Å². The third-order valence-electron chi connectivity index (χ3n) is 27.6. The third kappa shape index (κ3) is 21.8. The van der Waals surface area contributed by atoms with Gasteiger partial charge >= 0.3 is 35.8 Å². The Hall–Kier alpha value is -4.40. The van der Waals surface area contributed by atoms with E-state index in [4.69, 9.17) is 28.4 Å². The number of hydrogen-bond donors (Lipinski definition) is 5. The first kappa shape index (κ1) is 96.7. The number of aryl methyl sites for hydroxylation is 3. The maximum atomic E-state index is 15.9. The minimum atomic E-state index is -1.76. The highest BCUT2D eigenvalue weighted by atomic mass is 16.6. The minimum Gasteiger partial charge on any atom is -0.461 e. The largest absolute Gasteiger partial charge is 0.461 e. The molecule has 1 aromatic carbocycles. The van der Waals surface area contributed by atoms with Gasteiger partial charge in [0.05, 0.1) is 0 Å². The van der Waals surface area contributed by atoms with Gasteiger partial charge in [0.25, 0.3) is 0 Å². The first-order valence-corrected chi connectivity index (χ1v) is 43.7. The van der Waals surface area contributed by atoms with E-state index in [0.29, 0.717) is 154 Å². The number of hydroxylamine groups is 10. The topological polar surface area (TPSA) is 278 Å². The van der Waals surface area contributed by atoms with Gasteiger partial charge in [0, 0.05) is 144 Å². The van der Waals surface area contributed by atoms with Gasteiger partial charge in [0.1, 0.15) is 36.6 Å². The molecule has 0 bridgehead atoms. The maximum absolute atomic E-state index is 15.9. The van der Waals surface area contributed by atoms with Crippen LogP contribution in [0.4, 0.5) is 0 Å². The second-order valence-corrected chi connectivity index (χ2v) is 43.7. The van der Waals surface area contributed by atoms with E-state index in [2.05, 4.69) is 57.8 Å². The monoisotopic (exact) mass is 1610 g/mol. The van der Waals surface area contributed by atoms with Gasteiger partial charge in [-0.2, -0.15) is 25.3 Å². The zero-order valence-electron chi connectivity index (χ0n) is 76.2. The van der Waals surface area contributed by atoms with Crippen LogP contribution in [0, 0.1) is 16.2 Å². The standard InChI is InChI=1S/C91H158N6O17/c1-29-32-43-89(71(98)110-66-52-79(8,9)93(104)80(10,11)53-66,72(99)111-67-54-81(12,13)94(105)82(14,15)55-67)46-35-38-62-41-42-63(39-36-47-90(44-33-30-2,74(101)112-68-56-83(16,17)95(106)84(18,19)57-68)75(102)113-69-58-85(20,21)96(107)86(22,23)59-69)64(49-62)40-37-48-91(45-34-31-3,73(100)109-65-50-77(4,5)92(28)78(6,7)51-65)76(103)114-70-60-87(24,25)97(108)88(26,27)61-70/h41-42,49,65-70,104-108H,29-40,43-48,50-61H2,1-28H3. The summed E-state index contributed by atoms with van der Waals surface area (Å²) in [6, 6.07) is 6.26. The van der Waals surface area contributed by atoms with Gasteiger partial charge in [-0.25, -0.2) is 0 Å². The molecule has 6 aliphatic rings. The van der Waals surface area contributed by atoms with Crippen molar-refractivity contribution in [1.82, 2.24) is 30.2 Å².